The fourth-order valence-corrected chi connectivity index (χ4v) is 3.60. The summed E-state index contributed by atoms with van der Waals surface area (Å²) in [4.78, 5) is 17.6. The molecule has 0 aromatic heterocycles. The first kappa shape index (κ1) is 25.9. The molecule has 1 fully saturated rings. The number of halogens is 1. The van der Waals surface area contributed by atoms with Gasteiger partial charge in [0.15, 0.2) is 12.6 Å². The number of ether oxygens (including phenoxy) is 1. The Morgan fingerprint density at radius 2 is 1.62 bits per heavy atom. The van der Waals surface area contributed by atoms with Crippen LogP contribution in [0.15, 0.2) is 53.5 Å². The number of nitrogens with one attached hydrogen (secondary N) is 2. The summed E-state index contributed by atoms with van der Waals surface area (Å²) in [5.74, 6) is 0.937. The van der Waals surface area contributed by atoms with Gasteiger partial charge in [-0.2, -0.15) is 0 Å². The molecule has 0 aliphatic carbocycles. The van der Waals surface area contributed by atoms with Crippen LogP contribution in [0.2, 0.25) is 0 Å². The normalized spacial score (nSPS) is 14.0. The second kappa shape index (κ2) is 13.9. The van der Waals surface area contributed by atoms with Crippen LogP contribution in [-0.2, 0) is 24.3 Å². The van der Waals surface area contributed by atoms with Crippen molar-refractivity contribution in [3.05, 3.63) is 65.2 Å². The van der Waals surface area contributed by atoms with Crippen LogP contribution in [-0.4, -0.2) is 50.1 Å². The number of primary amides is 1. The zero-order valence-corrected chi connectivity index (χ0v) is 21.0. The monoisotopic (exact) mass is 551 g/mol. The number of carbonyl (C=O) groups is 1. The third-order valence-corrected chi connectivity index (χ3v) is 5.32. The van der Waals surface area contributed by atoms with Crippen LogP contribution in [0.25, 0.3) is 0 Å². The Hall–Kier alpha value is -2.33. The highest BCUT2D eigenvalue weighted by Crippen LogP contribution is 2.14. The number of hydrogen-bond acceptors (Lipinski definition) is 4. The number of likely N-dealkylation sites (tertiary alicyclic amines) is 1. The molecule has 0 radical (unpaired) electrons. The van der Waals surface area contributed by atoms with Crippen LogP contribution in [0.5, 0.6) is 5.75 Å². The number of nitrogens with zero attached hydrogens (tertiary/aromatic N) is 2. The minimum absolute atomic E-state index is 0. The Morgan fingerprint density at radius 1 is 1.00 bits per heavy atom. The van der Waals surface area contributed by atoms with E-state index in [0.717, 1.165) is 32.0 Å². The van der Waals surface area contributed by atoms with E-state index in [1.165, 1.54) is 42.6 Å². The van der Waals surface area contributed by atoms with Crippen molar-refractivity contribution in [1.29, 1.82) is 0 Å². The molecule has 2 aromatic carbocycles. The molecule has 1 saturated heterocycles. The van der Waals surface area contributed by atoms with Gasteiger partial charge in [0, 0.05) is 26.7 Å². The molecule has 0 unspecified atom stereocenters. The molecule has 32 heavy (non-hydrogen) atoms. The quantitative estimate of drug-likeness (QED) is 0.240. The van der Waals surface area contributed by atoms with Crippen LogP contribution >= 0.6 is 24.0 Å². The van der Waals surface area contributed by atoms with Gasteiger partial charge in [-0.15, -0.1) is 24.0 Å². The van der Waals surface area contributed by atoms with Gasteiger partial charge in [-0.1, -0.05) is 36.4 Å². The summed E-state index contributed by atoms with van der Waals surface area (Å²) < 4.78 is 5.28. The first-order valence-corrected chi connectivity index (χ1v) is 10.9. The van der Waals surface area contributed by atoms with E-state index >= 15 is 0 Å². The Morgan fingerprint density at radius 3 is 2.25 bits per heavy atom. The van der Waals surface area contributed by atoms with Gasteiger partial charge in [0.2, 0.25) is 0 Å². The van der Waals surface area contributed by atoms with Crippen LogP contribution < -0.4 is 21.1 Å². The number of benzene rings is 2. The predicted molar refractivity (Wildman–Crippen MR) is 139 cm³/mol. The molecule has 0 spiro atoms. The van der Waals surface area contributed by atoms with Crippen molar-refractivity contribution in [2.24, 2.45) is 10.7 Å². The van der Waals surface area contributed by atoms with Gasteiger partial charge in [-0.05, 0) is 61.2 Å². The van der Waals surface area contributed by atoms with Crippen molar-refractivity contribution in [3.63, 3.8) is 0 Å². The molecular weight excluding hydrogens is 517 g/mol. The molecule has 0 bridgehead atoms. The molecule has 1 heterocycles. The number of amides is 1. The SMILES string of the molecule is CN=C(NCCc1ccc(OCC(N)=O)cc1)NCc1ccc(CN2CCCC2)cc1.I. The molecule has 174 valence electrons. The lowest BCUT2D eigenvalue weighted by Crippen LogP contribution is -2.37. The lowest BCUT2D eigenvalue weighted by molar-refractivity contribution is -0.119. The lowest BCUT2D eigenvalue weighted by atomic mass is 10.1. The topological polar surface area (TPSA) is 92.0 Å². The minimum Gasteiger partial charge on any atom is -0.484 e. The Balaban J connectivity index is 0.00000363. The Kier molecular flexibility index (Phi) is 11.3. The summed E-state index contributed by atoms with van der Waals surface area (Å²) in [5.41, 5.74) is 8.86. The molecule has 1 aliphatic heterocycles. The third kappa shape index (κ3) is 9.04. The number of hydrogen-bond donors (Lipinski definition) is 3. The summed E-state index contributed by atoms with van der Waals surface area (Å²) >= 11 is 0. The van der Waals surface area contributed by atoms with E-state index in [2.05, 4.69) is 44.8 Å². The van der Waals surface area contributed by atoms with Crippen LogP contribution in [0.3, 0.4) is 0 Å². The molecule has 1 aliphatic rings. The zero-order chi connectivity index (χ0) is 21.9. The maximum atomic E-state index is 10.8. The molecule has 7 nitrogen and oxygen atoms in total. The standard InChI is InChI=1S/C24H33N5O2.HI/c1-26-24(27-13-12-19-8-10-22(11-9-19)31-18-23(25)30)28-16-20-4-6-21(7-5-20)17-29-14-2-3-15-29;/h4-11H,2-3,12-18H2,1H3,(H2,25,30)(H2,26,27,28);1H. The number of carbonyl (C=O) groups excluding carboxylic acids is 1. The van der Waals surface area contributed by atoms with E-state index in [9.17, 15) is 4.79 Å². The lowest BCUT2D eigenvalue weighted by Gasteiger charge is -2.15. The highest BCUT2D eigenvalue weighted by atomic mass is 127. The second-order valence-corrected chi connectivity index (χ2v) is 7.80. The highest BCUT2D eigenvalue weighted by molar-refractivity contribution is 14.0. The first-order chi connectivity index (χ1) is 15.1. The van der Waals surface area contributed by atoms with Gasteiger partial charge in [-0.25, -0.2) is 0 Å². The van der Waals surface area contributed by atoms with E-state index in [1.807, 2.05) is 24.3 Å². The maximum absolute atomic E-state index is 10.8. The van der Waals surface area contributed by atoms with Crippen LogP contribution in [0.4, 0.5) is 0 Å². The van der Waals surface area contributed by atoms with Gasteiger partial charge in [0.25, 0.3) is 5.91 Å². The van der Waals surface area contributed by atoms with E-state index in [-0.39, 0.29) is 30.6 Å². The summed E-state index contributed by atoms with van der Waals surface area (Å²) in [5, 5.41) is 6.71. The largest absolute Gasteiger partial charge is 0.484 e. The van der Waals surface area contributed by atoms with E-state index in [4.69, 9.17) is 10.5 Å². The van der Waals surface area contributed by atoms with Gasteiger partial charge >= 0.3 is 0 Å². The smallest absolute Gasteiger partial charge is 0.255 e. The minimum atomic E-state index is -0.481. The molecule has 4 N–H and O–H groups in total. The Labute approximate surface area is 207 Å². The highest BCUT2D eigenvalue weighted by Gasteiger charge is 2.11. The Bertz CT molecular complexity index is 850. The van der Waals surface area contributed by atoms with E-state index in [1.54, 1.807) is 7.05 Å². The molecule has 2 aromatic rings. The van der Waals surface area contributed by atoms with Crippen molar-refractivity contribution >= 4 is 35.8 Å². The summed E-state index contributed by atoms with van der Waals surface area (Å²) in [7, 11) is 1.78. The maximum Gasteiger partial charge on any atom is 0.255 e. The van der Waals surface area contributed by atoms with E-state index in [0.29, 0.717) is 5.75 Å². The summed E-state index contributed by atoms with van der Waals surface area (Å²) in [6.07, 6.45) is 3.50. The van der Waals surface area contributed by atoms with E-state index < -0.39 is 5.91 Å². The molecule has 0 saturated carbocycles. The molecule has 0 atom stereocenters. The first-order valence-electron chi connectivity index (χ1n) is 10.9. The van der Waals surface area contributed by atoms with Crippen molar-refractivity contribution in [2.45, 2.75) is 32.4 Å². The predicted octanol–water partition coefficient (Wildman–Crippen LogP) is 2.67. The van der Waals surface area contributed by atoms with Crippen molar-refractivity contribution in [3.8, 4) is 5.75 Å². The molecule has 8 heteroatoms. The van der Waals surface area contributed by atoms with Gasteiger partial charge in [0.1, 0.15) is 5.75 Å². The van der Waals surface area contributed by atoms with Crippen molar-refractivity contribution < 1.29 is 9.53 Å². The van der Waals surface area contributed by atoms with Crippen LogP contribution in [0, 0.1) is 0 Å². The number of nitrogens with two attached hydrogens (primary N) is 1. The fraction of sp³-hybridized carbons (Fsp3) is 0.417. The third-order valence-electron chi connectivity index (χ3n) is 5.32. The van der Waals surface area contributed by atoms with Crippen LogP contribution in [0.1, 0.15) is 29.5 Å². The van der Waals surface area contributed by atoms with Gasteiger partial charge in [0.05, 0.1) is 0 Å². The molecule has 1 amide bonds. The van der Waals surface area contributed by atoms with Crippen molar-refractivity contribution in [2.75, 3.05) is 33.3 Å². The van der Waals surface area contributed by atoms with Gasteiger partial charge in [-0.3, -0.25) is 14.7 Å². The fourth-order valence-electron chi connectivity index (χ4n) is 3.60. The number of guanidine groups is 1. The van der Waals surface area contributed by atoms with Crippen molar-refractivity contribution in [1.82, 2.24) is 15.5 Å². The summed E-state index contributed by atoms with van der Waals surface area (Å²) in [6, 6.07) is 16.5. The molecular formula is C24H34IN5O2. The zero-order valence-electron chi connectivity index (χ0n) is 18.7. The number of aliphatic imine (C=N–C) groups is 1. The molecule has 3 rings (SSSR count). The second-order valence-electron chi connectivity index (χ2n) is 7.80. The van der Waals surface area contributed by atoms with Gasteiger partial charge < -0.3 is 21.1 Å². The average molecular weight is 551 g/mol. The average Bonchev–Trinajstić information content (AvgIpc) is 3.29. The number of rotatable bonds is 10. The summed E-state index contributed by atoms with van der Waals surface area (Å²) in [6.45, 7) is 4.88.